The van der Waals surface area contributed by atoms with Crippen molar-refractivity contribution >= 4 is 5.91 Å². The minimum atomic E-state index is -0.753. The van der Waals surface area contributed by atoms with Crippen LogP contribution in [0.2, 0.25) is 0 Å². The van der Waals surface area contributed by atoms with Crippen LogP contribution in [0, 0.1) is 5.82 Å². The lowest BCUT2D eigenvalue weighted by Gasteiger charge is -2.19. The lowest BCUT2D eigenvalue weighted by atomic mass is 10.0. The summed E-state index contributed by atoms with van der Waals surface area (Å²) in [6, 6.07) is 29.9. The standard InChI is InChI=1S/C31H29FN2O2/c32-28-18-24(23-9-5-2-6-10-23)13-14-26(28)31(36)34-30-27-17-22(11-12-25(27)19-29(30)35)20-33-16-15-21-7-3-1-4-8-21/h1-14,17-18,29-30,33,35H,15-16,19-20H2,(H,34,36)/t29-,30?/m1/s1. The van der Waals surface area contributed by atoms with Gasteiger partial charge in [0.25, 0.3) is 5.91 Å². The largest absolute Gasteiger partial charge is 0.390 e. The van der Waals surface area contributed by atoms with Crippen LogP contribution in [0.4, 0.5) is 4.39 Å². The Morgan fingerprint density at radius 3 is 2.36 bits per heavy atom. The quantitative estimate of drug-likeness (QED) is 0.303. The molecule has 5 heteroatoms. The van der Waals surface area contributed by atoms with E-state index in [1.54, 1.807) is 6.07 Å². The third kappa shape index (κ3) is 5.38. The molecule has 5 rings (SSSR count). The minimum absolute atomic E-state index is 0.0333. The van der Waals surface area contributed by atoms with Crippen molar-refractivity contribution in [2.24, 2.45) is 0 Å². The van der Waals surface area contributed by atoms with E-state index in [4.69, 9.17) is 0 Å². The van der Waals surface area contributed by atoms with E-state index >= 15 is 0 Å². The summed E-state index contributed by atoms with van der Waals surface area (Å²) in [4.78, 5) is 13.0. The Kier molecular flexibility index (Phi) is 7.21. The highest BCUT2D eigenvalue weighted by molar-refractivity contribution is 5.95. The molecule has 182 valence electrons. The fourth-order valence-corrected chi connectivity index (χ4v) is 4.79. The van der Waals surface area contributed by atoms with E-state index in [2.05, 4.69) is 22.8 Å². The second kappa shape index (κ2) is 10.9. The fraction of sp³-hybridized carbons (Fsp3) is 0.194. The SMILES string of the molecule is O=C(NC1c2cc(CNCCc3ccccc3)ccc2C[C@H]1O)c1ccc(-c2ccccc2)cc1F. The molecule has 0 radical (unpaired) electrons. The molecule has 4 aromatic carbocycles. The molecule has 1 aliphatic carbocycles. The van der Waals surface area contributed by atoms with Crippen LogP contribution in [-0.4, -0.2) is 23.7 Å². The molecule has 1 aliphatic rings. The van der Waals surface area contributed by atoms with Crippen LogP contribution in [0.1, 0.15) is 38.7 Å². The first-order chi connectivity index (χ1) is 17.6. The Morgan fingerprint density at radius 1 is 0.861 bits per heavy atom. The van der Waals surface area contributed by atoms with Gasteiger partial charge in [-0.1, -0.05) is 84.9 Å². The van der Waals surface area contributed by atoms with E-state index in [0.29, 0.717) is 18.5 Å². The smallest absolute Gasteiger partial charge is 0.254 e. The summed E-state index contributed by atoms with van der Waals surface area (Å²) in [6.45, 7) is 1.54. The third-order valence-corrected chi connectivity index (χ3v) is 6.73. The summed E-state index contributed by atoms with van der Waals surface area (Å²) >= 11 is 0. The van der Waals surface area contributed by atoms with Crippen molar-refractivity contribution in [1.82, 2.24) is 10.6 Å². The van der Waals surface area contributed by atoms with Gasteiger partial charge in [-0.25, -0.2) is 4.39 Å². The number of nitrogens with one attached hydrogen (secondary N) is 2. The molecule has 4 nitrogen and oxygen atoms in total. The molecule has 36 heavy (non-hydrogen) atoms. The van der Waals surface area contributed by atoms with Crippen LogP contribution >= 0.6 is 0 Å². The molecule has 0 aliphatic heterocycles. The van der Waals surface area contributed by atoms with Crippen LogP contribution < -0.4 is 10.6 Å². The number of fused-ring (bicyclic) bond motifs is 1. The van der Waals surface area contributed by atoms with Gasteiger partial charge in [0.15, 0.2) is 0 Å². The van der Waals surface area contributed by atoms with Crippen molar-refractivity contribution in [3.05, 3.63) is 131 Å². The predicted molar refractivity (Wildman–Crippen MR) is 140 cm³/mol. The van der Waals surface area contributed by atoms with Gasteiger partial charge in [-0.3, -0.25) is 4.79 Å². The van der Waals surface area contributed by atoms with Gasteiger partial charge in [0.1, 0.15) is 5.82 Å². The van der Waals surface area contributed by atoms with Gasteiger partial charge >= 0.3 is 0 Å². The zero-order valence-corrected chi connectivity index (χ0v) is 20.0. The van der Waals surface area contributed by atoms with Crippen molar-refractivity contribution in [1.29, 1.82) is 0 Å². The Labute approximate surface area is 210 Å². The molecule has 2 atom stereocenters. The predicted octanol–water partition coefficient (Wildman–Crippen LogP) is 5.21. The van der Waals surface area contributed by atoms with E-state index in [9.17, 15) is 14.3 Å². The first kappa shape index (κ1) is 23.9. The Bertz CT molecular complexity index is 1340. The highest BCUT2D eigenvalue weighted by Gasteiger charge is 2.33. The second-order valence-corrected chi connectivity index (χ2v) is 9.23. The van der Waals surface area contributed by atoms with Crippen LogP contribution in [0.3, 0.4) is 0 Å². The maximum atomic E-state index is 14.9. The van der Waals surface area contributed by atoms with Crippen LogP contribution in [0.5, 0.6) is 0 Å². The first-order valence-electron chi connectivity index (χ1n) is 12.3. The van der Waals surface area contributed by atoms with E-state index in [0.717, 1.165) is 35.2 Å². The molecule has 1 unspecified atom stereocenters. The maximum absolute atomic E-state index is 14.9. The first-order valence-corrected chi connectivity index (χ1v) is 12.3. The highest BCUT2D eigenvalue weighted by atomic mass is 19.1. The van der Waals surface area contributed by atoms with Crippen molar-refractivity contribution in [3.63, 3.8) is 0 Å². The van der Waals surface area contributed by atoms with Crippen molar-refractivity contribution < 1.29 is 14.3 Å². The number of hydrogen-bond donors (Lipinski definition) is 3. The molecule has 0 heterocycles. The summed E-state index contributed by atoms with van der Waals surface area (Å²) in [7, 11) is 0. The number of aliphatic hydroxyl groups is 1. The number of halogens is 1. The molecule has 4 aromatic rings. The van der Waals surface area contributed by atoms with Crippen molar-refractivity contribution in [2.45, 2.75) is 31.5 Å². The monoisotopic (exact) mass is 480 g/mol. The number of hydrogen-bond acceptors (Lipinski definition) is 3. The van der Waals surface area contributed by atoms with Gasteiger partial charge in [0.05, 0.1) is 17.7 Å². The molecule has 0 saturated heterocycles. The van der Waals surface area contributed by atoms with Crippen LogP contribution in [0.25, 0.3) is 11.1 Å². The molecule has 0 fully saturated rings. The Morgan fingerprint density at radius 2 is 1.61 bits per heavy atom. The number of carbonyl (C=O) groups excluding carboxylic acids is 1. The van der Waals surface area contributed by atoms with Crippen molar-refractivity contribution in [3.8, 4) is 11.1 Å². The van der Waals surface area contributed by atoms with E-state index in [1.165, 1.54) is 17.7 Å². The van der Waals surface area contributed by atoms with Gasteiger partial charge < -0.3 is 15.7 Å². The molecule has 0 aromatic heterocycles. The molecular formula is C31H29FN2O2. The summed E-state index contributed by atoms with van der Waals surface area (Å²) in [5, 5.41) is 17.0. The lowest BCUT2D eigenvalue weighted by molar-refractivity contribution is 0.0854. The van der Waals surface area contributed by atoms with E-state index in [-0.39, 0.29) is 5.56 Å². The van der Waals surface area contributed by atoms with Gasteiger partial charge in [0.2, 0.25) is 0 Å². The molecule has 0 spiro atoms. The van der Waals surface area contributed by atoms with Crippen LogP contribution in [-0.2, 0) is 19.4 Å². The Balaban J connectivity index is 1.25. The van der Waals surface area contributed by atoms with Crippen LogP contribution in [0.15, 0.2) is 97.1 Å². The van der Waals surface area contributed by atoms with Gasteiger partial charge in [-0.15, -0.1) is 0 Å². The topological polar surface area (TPSA) is 61.4 Å². The van der Waals surface area contributed by atoms with Crippen molar-refractivity contribution in [2.75, 3.05) is 6.54 Å². The summed E-state index contributed by atoms with van der Waals surface area (Å²) in [5.74, 6) is -1.12. The zero-order chi connectivity index (χ0) is 24.9. The molecule has 0 bridgehead atoms. The lowest BCUT2D eigenvalue weighted by Crippen LogP contribution is -2.34. The normalized spacial score (nSPS) is 16.5. The average Bonchev–Trinajstić information content (AvgIpc) is 3.21. The van der Waals surface area contributed by atoms with Gasteiger partial charge in [-0.05, 0) is 58.5 Å². The third-order valence-electron chi connectivity index (χ3n) is 6.73. The highest BCUT2D eigenvalue weighted by Crippen LogP contribution is 2.33. The maximum Gasteiger partial charge on any atom is 0.254 e. The summed E-state index contributed by atoms with van der Waals surface area (Å²) in [5.41, 5.74) is 5.81. The molecule has 3 N–H and O–H groups in total. The molecular weight excluding hydrogens is 451 g/mol. The van der Waals surface area contributed by atoms with Gasteiger partial charge in [-0.2, -0.15) is 0 Å². The minimum Gasteiger partial charge on any atom is -0.390 e. The number of aliphatic hydroxyl groups excluding tert-OH is 1. The fourth-order valence-electron chi connectivity index (χ4n) is 4.79. The van der Waals surface area contributed by atoms with E-state index in [1.807, 2.05) is 66.7 Å². The van der Waals surface area contributed by atoms with Gasteiger partial charge in [0, 0.05) is 13.0 Å². The average molecular weight is 481 g/mol. The number of amides is 1. The Hall–Kier alpha value is -3.80. The number of rotatable bonds is 8. The second-order valence-electron chi connectivity index (χ2n) is 9.23. The number of benzene rings is 4. The summed E-state index contributed by atoms with van der Waals surface area (Å²) < 4.78 is 14.9. The van der Waals surface area contributed by atoms with E-state index < -0.39 is 23.9 Å². The zero-order valence-electron chi connectivity index (χ0n) is 20.0. The number of carbonyl (C=O) groups is 1. The molecule has 1 amide bonds. The summed E-state index contributed by atoms with van der Waals surface area (Å²) in [6.07, 6.45) is 0.645. The molecule has 0 saturated carbocycles.